The largest absolute Gasteiger partial charge is 0.497 e. The molecule has 3 heteroatoms. The van der Waals surface area contributed by atoms with Gasteiger partial charge in [-0.25, -0.2) is 0 Å². The second kappa shape index (κ2) is 7.98. The van der Waals surface area contributed by atoms with Gasteiger partial charge in [0.05, 0.1) is 7.11 Å². The average Bonchev–Trinajstić information content (AvgIpc) is 2.39. The molecule has 18 heavy (non-hydrogen) atoms. The van der Waals surface area contributed by atoms with Gasteiger partial charge in [-0.1, -0.05) is 26.3 Å². The molecule has 0 heterocycles. The molecule has 0 aliphatic carbocycles. The highest BCUT2D eigenvalue weighted by atomic mass is 16.5. The molecule has 3 nitrogen and oxygen atoms in total. The Morgan fingerprint density at radius 3 is 2.72 bits per heavy atom. The van der Waals surface area contributed by atoms with E-state index in [0.29, 0.717) is 6.04 Å². The highest BCUT2D eigenvalue weighted by Crippen LogP contribution is 2.20. The topological polar surface area (TPSA) is 24.5 Å². The molecule has 0 aromatic heterocycles. The van der Waals surface area contributed by atoms with Crippen LogP contribution < -0.4 is 15.0 Å². The zero-order valence-corrected chi connectivity index (χ0v) is 12.1. The van der Waals surface area contributed by atoms with Crippen LogP contribution in [0, 0.1) is 0 Å². The summed E-state index contributed by atoms with van der Waals surface area (Å²) in [6.45, 7) is 6.44. The zero-order valence-electron chi connectivity index (χ0n) is 12.1. The van der Waals surface area contributed by atoms with E-state index in [1.165, 1.54) is 18.5 Å². The summed E-state index contributed by atoms with van der Waals surface area (Å²) in [5, 5.41) is 3.54. The van der Waals surface area contributed by atoms with E-state index < -0.39 is 0 Å². The lowest BCUT2D eigenvalue weighted by Gasteiger charge is -2.26. The number of anilines is 1. The first-order chi connectivity index (χ1) is 8.71. The molecule has 0 radical (unpaired) electrons. The van der Waals surface area contributed by atoms with Crippen LogP contribution in [0.15, 0.2) is 24.3 Å². The Morgan fingerprint density at radius 2 is 2.11 bits per heavy atom. The van der Waals surface area contributed by atoms with Crippen LogP contribution in [0.25, 0.3) is 0 Å². The third kappa shape index (κ3) is 4.57. The van der Waals surface area contributed by atoms with E-state index in [1.807, 2.05) is 12.1 Å². The minimum atomic E-state index is 0.552. The second-order valence-corrected chi connectivity index (χ2v) is 4.63. The second-order valence-electron chi connectivity index (χ2n) is 4.63. The third-order valence-electron chi connectivity index (χ3n) is 3.12. The number of benzene rings is 1. The van der Waals surface area contributed by atoms with Crippen molar-refractivity contribution in [3.05, 3.63) is 24.3 Å². The molecule has 1 aromatic carbocycles. The maximum Gasteiger partial charge on any atom is 0.120 e. The van der Waals surface area contributed by atoms with Crippen LogP contribution in [0.4, 0.5) is 5.69 Å². The van der Waals surface area contributed by atoms with Gasteiger partial charge in [0.25, 0.3) is 0 Å². The predicted molar refractivity (Wildman–Crippen MR) is 78.6 cm³/mol. The van der Waals surface area contributed by atoms with E-state index in [4.69, 9.17) is 4.74 Å². The van der Waals surface area contributed by atoms with Crippen molar-refractivity contribution in [1.82, 2.24) is 5.32 Å². The van der Waals surface area contributed by atoms with Crippen molar-refractivity contribution >= 4 is 5.69 Å². The van der Waals surface area contributed by atoms with E-state index >= 15 is 0 Å². The number of hydrogen-bond acceptors (Lipinski definition) is 3. The Balaban J connectivity index is 2.63. The summed E-state index contributed by atoms with van der Waals surface area (Å²) < 4.78 is 5.26. The number of rotatable bonds is 8. The highest BCUT2D eigenvalue weighted by molar-refractivity contribution is 5.50. The van der Waals surface area contributed by atoms with Gasteiger partial charge in [-0.2, -0.15) is 0 Å². The smallest absolute Gasteiger partial charge is 0.120 e. The van der Waals surface area contributed by atoms with Gasteiger partial charge < -0.3 is 15.0 Å². The number of methoxy groups -OCH3 is 1. The third-order valence-corrected chi connectivity index (χ3v) is 3.12. The molecule has 1 atom stereocenters. The van der Waals surface area contributed by atoms with Crippen LogP contribution in [-0.4, -0.2) is 33.3 Å². The van der Waals surface area contributed by atoms with Crippen LogP contribution in [0.2, 0.25) is 0 Å². The fourth-order valence-corrected chi connectivity index (χ4v) is 2.18. The molecule has 0 saturated heterocycles. The molecule has 0 aliphatic rings. The summed E-state index contributed by atoms with van der Waals surface area (Å²) in [6.07, 6.45) is 2.42. The van der Waals surface area contributed by atoms with Gasteiger partial charge in [0.2, 0.25) is 0 Å². The van der Waals surface area contributed by atoms with Crippen molar-refractivity contribution < 1.29 is 4.74 Å². The van der Waals surface area contributed by atoms with E-state index in [1.54, 1.807) is 7.11 Å². The van der Waals surface area contributed by atoms with Crippen molar-refractivity contribution in [2.75, 3.05) is 32.1 Å². The standard InChI is InChI=1S/C15H26N2O/c1-5-8-13(16-6-2)12-17(3)14-9-7-10-15(11-14)18-4/h7,9-11,13,16H,5-6,8,12H2,1-4H3. The molecule has 1 rings (SSSR count). The molecule has 0 fully saturated rings. The van der Waals surface area contributed by atoms with Crippen LogP contribution in [0.1, 0.15) is 26.7 Å². The van der Waals surface area contributed by atoms with Crippen LogP contribution in [0.3, 0.4) is 0 Å². The van der Waals surface area contributed by atoms with E-state index in [9.17, 15) is 0 Å². The zero-order chi connectivity index (χ0) is 13.4. The molecule has 0 aliphatic heterocycles. The minimum Gasteiger partial charge on any atom is -0.497 e. The molecule has 0 bridgehead atoms. The van der Waals surface area contributed by atoms with Gasteiger partial charge >= 0.3 is 0 Å². The van der Waals surface area contributed by atoms with Gasteiger partial charge in [-0.3, -0.25) is 0 Å². The lowest BCUT2D eigenvalue weighted by atomic mass is 10.1. The summed E-state index contributed by atoms with van der Waals surface area (Å²) in [5.41, 5.74) is 1.20. The summed E-state index contributed by atoms with van der Waals surface area (Å²) in [5.74, 6) is 0.912. The Kier molecular flexibility index (Phi) is 6.58. The first-order valence-corrected chi connectivity index (χ1v) is 6.79. The van der Waals surface area contributed by atoms with Crippen molar-refractivity contribution in [3.8, 4) is 5.75 Å². The minimum absolute atomic E-state index is 0.552. The Hall–Kier alpha value is -1.22. The molecule has 0 amide bonds. The van der Waals surface area contributed by atoms with Gasteiger partial charge in [0.1, 0.15) is 5.75 Å². The van der Waals surface area contributed by atoms with E-state index in [2.05, 4.69) is 43.2 Å². The van der Waals surface area contributed by atoms with Crippen LogP contribution in [-0.2, 0) is 0 Å². The van der Waals surface area contributed by atoms with Gasteiger partial charge in [-0.15, -0.1) is 0 Å². The average molecular weight is 250 g/mol. The summed E-state index contributed by atoms with van der Waals surface area (Å²) >= 11 is 0. The van der Waals surface area contributed by atoms with Crippen molar-refractivity contribution in [2.24, 2.45) is 0 Å². The van der Waals surface area contributed by atoms with Gasteiger partial charge in [-0.05, 0) is 25.1 Å². The molecule has 1 aromatic rings. The number of ether oxygens (including phenoxy) is 1. The molecule has 0 saturated carbocycles. The Bertz CT molecular complexity index is 335. The first kappa shape index (κ1) is 14.8. The number of likely N-dealkylation sites (N-methyl/N-ethyl adjacent to an activating group) is 2. The Labute approximate surface area is 111 Å². The summed E-state index contributed by atoms with van der Waals surface area (Å²) in [4.78, 5) is 2.28. The maximum absolute atomic E-state index is 5.26. The molecule has 1 N–H and O–H groups in total. The first-order valence-electron chi connectivity index (χ1n) is 6.79. The maximum atomic E-state index is 5.26. The lowest BCUT2D eigenvalue weighted by Crippen LogP contribution is -2.39. The lowest BCUT2D eigenvalue weighted by molar-refractivity contribution is 0.414. The van der Waals surface area contributed by atoms with Gasteiger partial charge in [0, 0.05) is 31.4 Å². The number of nitrogens with one attached hydrogen (secondary N) is 1. The summed E-state index contributed by atoms with van der Waals surface area (Å²) in [7, 11) is 3.84. The number of nitrogens with zero attached hydrogens (tertiary/aromatic N) is 1. The molecular weight excluding hydrogens is 224 g/mol. The van der Waals surface area contributed by atoms with Crippen LogP contribution >= 0.6 is 0 Å². The van der Waals surface area contributed by atoms with Crippen molar-refractivity contribution in [1.29, 1.82) is 0 Å². The van der Waals surface area contributed by atoms with Crippen LogP contribution in [0.5, 0.6) is 5.75 Å². The predicted octanol–water partition coefficient (Wildman–Crippen LogP) is 2.91. The SMILES string of the molecule is CCCC(CN(C)c1cccc(OC)c1)NCC. The molecular formula is C15H26N2O. The highest BCUT2D eigenvalue weighted by Gasteiger charge is 2.10. The fourth-order valence-electron chi connectivity index (χ4n) is 2.18. The van der Waals surface area contributed by atoms with Crippen molar-refractivity contribution in [2.45, 2.75) is 32.7 Å². The fraction of sp³-hybridized carbons (Fsp3) is 0.600. The normalized spacial score (nSPS) is 12.2. The monoisotopic (exact) mass is 250 g/mol. The summed E-state index contributed by atoms with van der Waals surface area (Å²) in [6, 6.07) is 8.76. The number of hydrogen-bond donors (Lipinski definition) is 1. The molecule has 0 spiro atoms. The quantitative estimate of drug-likeness (QED) is 0.768. The Morgan fingerprint density at radius 1 is 1.33 bits per heavy atom. The van der Waals surface area contributed by atoms with E-state index in [-0.39, 0.29) is 0 Å². The van der Waals surface area contributed by atoms with Crippen molar-refractivity contribution in [3.63, 3.8) is 0 Å². The van der Waals surface area contributed by atoms with Gasteiger partial charge in [0.15, 0.2) is 0 Å². The molecule has 1 unspecified atom stereocenters. The van der Waals surface area contributed by atoms with E-state index in [0.717, 1.165) is 18.8 Å². The molecule has 102 valence electrons.